The normalized spacial score (nSPS) is 13.1. The third kappa shape index (κ3) is 9.22. The summed E-state index contributed by atoms with van der Waals surface area (Å²) in [6.45, 7) is 2.25. The molecule has 0 spiro atoms. The minimum absolute atomic E-state index is 1.07. The van der Waals surface area contributed by atoms with Crippen molar-refractivity contribution in [3.8, 4) is 5.69 Å². The third-order valence-corrected chi connectivity index (χ3v) is 4.47. The highest BCUT2D eigenvalue weighted by Gasteiger charge is 2.55. The molecular weight excluding hydrogens is 438 g/mol. The van der Waals surface area contributed by atoms with Gasteiger partial charge in [0.2, 0.25) is 5.69 Å². The molecule has 1 unspecified atom stereocenters. The number of aromatic nitrogens is 3. The SMILES string of the molecule is CCCCCCCc1c[n+](-c2ccccc2)[nH]n1.O=S([O-])N(C(F)(F)F)C(F)(F)F. The molecule has 0 saturated heterocycles. The number of aryl methyl sites for hydroxylation is 1. The van der Waals surface area contributed by atoms with Crippen molar-refractivity contribution >= 4 is 11.3 Å². The van der Waals surface area contributed by atoms with Crippen LogP contribution >= 0.6 is 0 Å². The summed E-state index contributed by atoms with van der Waals surface area (Å²) < 4.78 is 86.1. The van der Waals surface area contributed by atoms with Gasteiger partial charge in [0, 0.05) is 22.8 Å². The number of alkyl halides is 6. The summed E-state index contributed by atoms with van der Waals surface area (Å²) in [6, 6.07) is 10.2. The largest absolute Gasteiger partial charge is 0.759 e. The number of para-hydroxylation sites is 1. The van der Waals surface area contributed by atoms with E-state index in [9.17, 15) is 35.1 Å². The summed E-state index contributed by atoms with van der Waals surface area (Å²) in [7, 11) is 0. The Morgan fingerprint density at radius 3 is 2.07 bits per heavy atom. The number of aromatic amines is 1. The fourth-order valence-corrected chi connectivity index (χ4v) is 2.73. The van der Waals surface area contributed by atoms with E-state index in [0.717, 1.165) is 17.8 Å². The number of hydrogen-bond donors (Lipinski definition) is 1. The first-order valence-corrected chi connectivity index (χ1v) is 10.0. The standard InChI is InChI=1S/C15H21N3.C2HF6NO2S/c1-2-3-4-5-7-10-14-13-18(17-16-14)15-11-8-6-9-12-15;3-1(4,5)9(12(10)11)2(6,7)8/h6,8-9,11-13H,2-5,7,10H2,1H3;(H,10,11). The van der Waals surface area contributed by atoms with Gasteiger partial charge in [0.1, 0.15) is 0 Å². The number of H-pyrrole nitrogens is 1. The predicted octanol–water partition coefficient (Wildman–Crippen LogP) is 4.32. The lowest BCUT2D eigenvalue weighted by Crippen LogP contribution is -2.48. The maximum atomic E-state index is 11.3. The molecule has 0 amide bonds. The van der Waals surface area contributed by atoms with Crippen molar-refractivity contribution in [2.24, 2.45) is 0 Å². The minimum atomic E-state index is -5.98. The van der Waals surface area contributed by atoms with Gasteiger partial charge in [-0.2, -0.15) is 26.3 Å². The van der Waals surface area contributed by atoms with Gasteiger partial charge in [-0.05, 0) is 22.9 Å². The van der Waals surface area contributed by atoms with Crippen LogP contribution in [0.4, 0.5) is 26.3 Å². The Labute approximate surface area is 172 Å². The highest BCUT2D eigenvalue weighted by atomic mass is 32.2. The van der Waals surface area contributed by atoms with Crippen LogP contribution < -0.4 is 4.68 Å². The van der Waals surface area contributed by atoms with Crippen LogP contribution in [0.15, 0.2) is 36.5 Å². The summed E-state index contributed by atoms with van der Waals surface area (Å²) in [5, 5.41) is 7.39. The summed E-state index contributed by atoms with van der Waals surface area (Å²) in [4.78, 5) is 0. The summed E-state index contributed by atoms with van der Waals surface area (Å²) in [5.41, 5.74) is 2.28. The Hall–Kier alpha value is -1.99. The second kappa shape index (κ2) is 12.0. The molecule has 0 saturated carbocycles. The number of hydrogen-bond acceptors (Lipinski definition) is 3. The molecule has 6 nitrogen and oxygen atoms in total. The quantitative estimate of drug-likeness (QED) is 0.210. The van der Waals surface area contributed by atoms with E-state index in [1.54, 1.807) is 0 Å². The highest BCUT2D eigenvalue weighted by Crippen LogP contribution is 2.34. The van der Waals surface area contributed by atoms with Crippen LogP contribution in [0.5, 0.6) is 0 Å². The molecule has 1 aromatic heterocycles. The van der Waals surface area contributed by atoms with E-state index in [0.29, 0.717) is 0 Å². The van der Waals surface area contributed by atoms with Crippen molar-refractivity contribution in [1.82, 2.24) is 14.6 Å². The molecule has 170 valence electrons. The molecule has 1 atom stereocenters. The second-order valence-corrected chi connectivity index (χ2v) is 6.95. The molecule has 1 heterocycles. The van der Waals surface area contributed by atoms with Crippen LogP contribution in [0.25, 0.3) is 5.69 Å². The molecule has 13 heteroatoms. The Morgan fingerprint density at radius 2 is 1.60 bits per heavy atom. The number of halogens is 6. The lowest BCUT2D eigenvalue weighted by Gasteiger charge is -2.27. The molecule has 2 aromatic rings. The van der Waals surface area contributed by atoms with Crippen molar-refractivity contribution in [3.63, 3.8) is 0 Å². The molecule has 0 aliphatic rings. The molecule has 0 aliphatic heterocycles. The lowest BCUT2D eigenvalue weighted by molar-refractivity contribution is -0.659. The summed E-state index contributed by atoms with van der Waals surface area (Å²) in [6.07, 6.45) is -2.25. The number of nitrogens with one attached hydrogen (secondary N) is 1. The van der Waals surface area contributed by atoms with E-state index in [1.807, 2.05) is 22.9 Å². The van der Waals surface area contributed by atoms with Gasteiger partial charge in [-0.1, -0.05) is 56.0 Å². The van der Waals surface area contributed by atoms with Crippen molar-refractivity contribution in [1.29, 1.82) is 0 Å². The summed E-state index contributed by atoms with van der Waals surface area (Å²) in [5.74, 6) is 0. The monoisotopic (exact) mass is 460 g/mol. The van der Waals surface area contributed by atoms with Crippen LogP contribution in [0.1, 0.15) is 44.7 Å². The van der Waals surface area contributed by atoms with Crippen LogP contribution in [0.3, 0.4) is 0 Å². The van der Waals surface area contributed by atoms with Gasteiger partial charge in [-0.15, -0.1) is 4.68 Å². The van der Waals surface area contributed by atoms with E-state index in [4.69, 9.17) is 0 Å². The molecule has 0 radical (unpaired) electrons. The second-order valence-electron chi connectivity index (χ2n) is 6.15. The van der Waals surface area contributed by atoms with Crippen LogP contribution in [-0.4, -0.2) is 36.0 Å². The van der Waals surface area contributed by atoms with Gasteiger partial charge in [-0.25, -0.2) is 0 Å². The van der Waals surface area contributed by atoms with Gasteiger partial charge < -0.3 is 4.55 Å². The first kappa shape index (κ1) is 26.0. The van der Waals surface area contributed by atoms with Gasteiger partial charge in [0.15, 0.2) is 11.9 Å². The number of unbranched alkanes of at least 4 members (excludes halogenated alkanes) is 4. The van der Waals surface area contributed by atoms with E-state index < -0.39 is 28.2 Å². The maximum absolute atomic E-state index is 11.3. The maximum Gasteiger partial charge on any atom is 0.477 e. The van der Waals surface area contributed by atoms with E-state index >= 15 is 0 Å². The van der Waals surface area contributed by atoms with Gasteiger partial charge >= 0.3 is 12.6 Å². The van der Waals surface area contributed by atoms with Gasteiger partial charge in [-0.3, -0.25) is 4.21 Å². The minimum Gasteiger partial charge on any atom is -0.759 e. The molecule has 0 bridgehead atoms. The summed E-state index contributed by atoms with van der Waals surface area (Å²) >= 11 is -4.41. The molecule has 2 rings (SSSR count). The topological polar surface area (TPSA) is 75.9 Å². The zero-order valence-electron chi connectivity index (χ0n) is 16.0. The van der Waals surface area contributed by atoms with Crippen molar-refractivity contribution in [2.75, 3.05) is 0 Å². The molecule has 1 N–H and O–H groups in total. The van der Waals surface area contributed by atoms with E-state index in [-0.39, 0.29) is 0 Å². The first-order chi connectivity index (χ1) is 14.0. The number of benzene rings is 1. The fraction of sp³-hybridized carbons (Fsp3) is 0.529. The number of nitrogens with zero attached hydrogens (tertiary/aromatic N) is 3. The highest BCUT2D eigenvalue weighted by molar-refractivity contribution is 7.76. The van der Waals surface area contributed by atoms with Gasteiger partial charge in [0.25, 0.3) is 0 Å². The molecular formula is C17H22F6N4O2S. The molecule has 1 aromatic carbocycles. The number of rotatable bonds is 8. The average molecular weight is 460 g/mol. The zero-order valence-corrected chi connectivity index (χ0v) is 16.9. The van der Waals surface area contributed by atoms with Crippen LogP contribution in [-0.2, 0) is 17.7 Å². The Balaban J connectivity index is 0.000000329. The first-order valence-electron chi connectivity index (χ1n) is 9.01. The van der Waals surface area contributed by atoms with Crippen molar-refractivity contribution in [3.05, 3.63) is 42.2 Å². The Kier molecular flexibility index (Phi) is 10.4. The van der Waals surface area contributed by atoms with Gasteiger partial charge in [0.05, 0.1) is 0 Å². The average Bonchev–Trinajstić information content (AvgIpc) is 3.09. The molecule has 0 fully saturated rings. The molecule has 30 heavy (non-hydrogen) atoms. The third-order valence-electron chi connectivity index (χ3n) is 3.76. The lowest BCUT2D eigenvalue weighted by atomic mass is 10.1. The van der Waals surface area contributed by atoms with E-state index in [1.165, 1.54) is 32.1 Å². The Bertz CT molecular complexity index is 754. The van der Waals surface area contributed by atoms with Crippen LogP contribution in [0.2, 0.25) is 0 Å². The molecule has 0 aliphatic carbocycles. The Morgan fingerprint density at radius 1 is 1.03 bits per heavy atom. The van der Waals surface area contributed by atoms with Crippen molar-refractivity contribution in [2.45, 2.75) is 58.0 Å². The van der Waals surface area contributed by atoms with Crippen molar-refractivity contribution < 1.29 is 39.8 Å². The van der Waals surface area contributed by atoms with E-state index in [2.05, 4.69) is 35.6 Å². The van der Waals surface area contributed by atoms with Crippen LogP contribution in [0, 0.1) is 0 Å². The zero-order chi connectivity index (χ0) is 22.8. The smallest absolute Gasteiger partial charge is 0.477 e. The fourth-order valence-electron chi connectivity index (χ4n) is 2.39. The predicted molar refractivity (Wildman–Crippen MR) is 95.5 cm³/mol.